The summed E-state index contributed by atoms with van der Waals surface area (Å²) in [6.45, 7) is 5.06. The summed E-state index contributed by atoms with van der Waals surface area (Å²) >= 11 is 1.85. The van der Waals surface area contributed by atoms with Crippen LogP contribution < -0.4 is 5.32 Å². The number of hydrogen-bond acceptors (Lipinski definition) is 7. The Hall–Kier alpha value is -2.42. The van der Waals surface area contributed by atoms with Crippen molar-refractivity contribution >= 4 is 17.6 Å². The standard InChI is InChI=1S/C23H26N6OS/c1-14-18(11-25-28-14)20-4-3-17-19-10-23(19,31-22(17)26-20)27-21-9-15(5-7-24-21)12-29-8-6-16(13-29)30-2/h3-5,7,9,11,16,19H,6,8,10,12-13H2,1-2H3,(H,24,27)(H,25,28)/t16-,19?,23?/m0/s1. The van der Waals surface area contributed by atoms with E-state index in [1.165, 1.54) is 11.1 Å². The molecular formula is C23H26N6OS. The molecular weight excluding hydrogens is 408 g/mol. The van der Waals surface area contributed by atoms with Crippen LogP contribution >= 0.6 is 11.8 Å². The van der Waals surface area contributed by atoms with Gasteiger partial charge in [0, 0.05) is 50.1 Å². The Morgan fingerprint density at radius 3 is 3.10 bits per heavy atom. The van der Waals surface area contributed by atoms with E-state index in [9.17, 15) is 0 Å². The number of aromatic amines is 1. The number of thioether (sulfide) groups is 1. The van der Waals surface area contributed by atoms with E-state index in [0.29, 0.717) is 12.0 Å². The van der Waals surface area contributed by atoms with Gasteiger partial charge in [0.15, 0.2) is 0 Å². The van der Waals surface area contributed by atoms with E-state index in [-0.39, 0.29) is 4.87 Å². The Kier molecular flexibility index (Phi) is 4.55. The van der Waals surface area contributed by atoms with Gasteiger partial charge in [0.05, 0.1) is 22.9 Å². The number of fused-ring (bicyclic) bond motifs is 3. The van der Waals surface area contributed by atoms with Gasteiger partial charge in [-0.2, -0.15) is 5.10 Å². The lowest BCUT2D eigenvalue weighted by Gasteiger charge is -2.18. The van der Waals surface area contributed by atoms with Crippen LogP contribution in [0.25, 0.3) is 11.3 Å². The number of hydrogen-bond donors (Lipinski definition) is 2. The van der Waals surface area contributed by atoms with Gasteiger partial charge in [-0.3, -0.25) is 10.00 Å². The van der Waals surface area contributed by atoms with E-state index in [4.69, 9.17) is 9.72 Å². The van der Waals surface area contributed by atoms with E-state index >= 15 is 0 Å². The highest BCUT2D eigenvalue weighted by molar-refractivity contribution is 8.01. The summed E-state index contributed by atoms with van der Waals surface area (Å²) in [5.74, 6) is 1.44. The summed E-state index contributed by atoms with van der Waals surface area (Å²) in [5, 5.41) is 12.0. The number of aromatic nitrogens is 4. The van der Waals surface area contributed by atoms with Gasteiger partial charge in [-0.05, 0) is 49.1 Å². The second kappa shape index (κ2) is 7.32. The highest BCUT2D eigenvalue weighted by Gasteiger charge is 2.62. The summed E-state index contributed by atoms with van der Waals surface area (Å²) in [5.41, 5.74) is 5.73. The van der Waals surface area contributed by atoms with Crippen molar-refractivity contribution in [2.75, 3.05) is 25.5 Å². The molecule has 3 aromatic rings. The molecule has 6 rings (SSSR count). The normalized spacial score (nSPS) is 26.6. The van der Waals surface area contributed by atoms with Crippen LogP contribution in [0.3, 0.4) is 0 Å². The van der Waals surface area contributed by atoms with E-state index in [1.807, 2.05) is 31.1 Å². The molecule has 7 nitrogen and oxygen atoms in total. The number of aryl methyl sites for hydroxylation is 1. The monoisotopic (exact) mass is 434 g/mol. The Morgan fingerprint density at radius 2 is 2.29 bits per heavy atom. The molecule has 2 fully saturated rings. The summed E-state index contributed by atoms with van der Waals surface area (Å²) in [7, 11) is 1.80. The molecule has 3 atom stereocenters. The Bertz CT molecular complexity index is 1130. The average molecular weight is 435 g/mol. The van der Waals surface area contributed by atoms with Crippen LogP contribution in [0.2, 0.25) is 0 Å². The molecule has 2 unspecified atom stereocenters. The van der Waals surface area contributed by atoms with Crippen LogP contribution in [0.4, 0.5) is 5.82 Å². The van der Waals surface area contributed by atoms with Gasteiger partial charge in [-0.25, -0.2) is 9.97 Å². The molecule has 1 saturated carbocycles. The third-order valence-electron chi connectivity index (χ3n) is 6.69. The van der Waals surface area contributed by atoms with Crippen LogP contribution in [0.5, 0.6) is 0 Å². The molecule has 2 N–H and O–H groups in total. The highest BCUT2D eigenvalue weighted by Crippen LogP contribution is 2.68. The number of pyridine rings is 2. The fourth-order valence-corrected chi connectivity index (χ4v) is 6.35. The van der Waals surface area contributed by atoms with Gasteiger partial charge in [0.1, 0.15) is 10.8 Å². The third-order valence-corrected chi connectivity index (χ3v) is 8.13. The van der Waals surface area contributed by atoms with Gasteiger partial charge < -0.3 is 10.1 Å². The number of methoxy groups -OCH3 is 1. The lowest BCUT2D eigenvalue weighted by Crippen LogP contribution is -2.23. The fourth-order valence-electron chi connectivity index (χ4n) is 4.86. The van der Waals surface area contributed by atoms with E-state index in [0.717, 1.165) is 60.3 Å². The quantitative estimate of drug-likeness (QED) is 0.611. The van der Waals surface area contributed by atoms with Crippen LogP contribution in [-0.2, 0) is 11.3 Å². The molecule has 31 heavy (non-hydrogen) atoms. The topological polar surface area (TPSA) is 79.0 Å². The molecule has 0 radical (unpaired) electrons. The minimum atomic E-state index is -0.0141. The van der Waals surface area contributed by atoms with Crippen molar-refractivity contribution in [1.29, 1.82) is 0 Å². The molecule has 0 aromatic carbocycles. The van der Waals surface area contributed by atoms with Gasteiger partial charge in [0.25, 0.3) is 0 Å². The first kappa shape index (κ1) is 19.3. The molecule has 3 aromatic heterocycles. The first-order valence-electron chi connectivity index (χ1n) is 10.8. The Morgan fingerprint density at radius 1 is 1.35 bits per heavy atom. The van der Waals surface area contributed by atoms with Gasteiger partial charge >= 0.3 is 0 Å². The van der Waals surface area contributed by atoms with Gasteiger partial charge in [-0.1, -0.05) is 17.8 Å². The second-order valence-electron chi connectivity index (χ2n) is 8.80. The first-order valence-corrected chi connectivity index (χ1v) is 11.6. The number of anilines is 1. The largest absolute Gasteiger partial charge is 0.380 e. The lowest BCUT2D eigenvalue weighted by atomic mass is 10.1. The van der Waals surface area contributed by atoms with Crippen LogP contribution in [0.1, 0.15) is 35.6 Å². The Labute approximate surface area is 186 Å². The number of rotatable bonds is 6. The lowest BCUT2D eigenvalue weighted by molar-refractivity contribution is 0.107. The predicted octanol–water partition coefficient (Wildman–Crippen LogP) is 3.80. The summed E-state index contributed by atoms with van der Waals surface area (Å²) in [4.78, 5) is 12.0. The maximum atomic E-state index is 5.50. The summed E-state index contributed by atoms with van der Waals surface area (Å²) < 4.78 is 5.50. The van der Waals surface area contributed by atoms with Crippen molar-refractivity contribution in [2.45, 2.75) is 48.2 Å². The molecule has 0 spiro atoms. The molecule has 1 saturated heterocycles. The van der Waals surface area contributed by atoms with E-state index in [1.54, 1.807) is 7.11 Å². The SMILES string of the molecule is CO[C@H]1CCN(Cc2ccnc(NC34CC3c3ccc(-c5cn[nH]c5C)nc3S4)c2)C1. The third kappa shape index (κ3) is 3.43. The van der Waals surface area contributed by atoms with Crippen LogP contribution in [-0.4, -0.2) is 56.2 Å². The molecule has 5 heterocycles. The second-order valence-corrected chi connectivity index (χ2v) is 10.1. The van der Waals surface area contributed by atoms with Crippen LogP contribution in [0, 0.1) is 6.92 Å². The van der Waals surface area contributed by atoms with Crippen LogP contribution in [0.15, 0.2) is 41.7 Å². The zero-order valence-corrected chi connectivity index (χ0v) is 18.6. The maximum absolute atomic E-state index is 5.50. The first-order chi connectivity index (χ1) is 15.1. The summed E-state index contributed by atoms with van der Waals surface area (Å²) in [6, 6.07) is 8.67. The summed E-state index contributed by atoms with van der Waals surface area (Å²) in [6.07, 6.45) is 6.36. The predicted molar refractivity (Wildman–Crippen MR) is 121 cm³/mol. The maximum Gasteiger partial charge on any atom is 0.127 e. The van der Waals surface area contributed by atoms with Gasteiger partial charge in [0.2, 0.25) is 0 Å². The molecule has 0 bridgehead atoms. The van der Waals surface area contributed by atoms with Crippen molar-refractivity contribution in [3.8, 4) is 11.3 Å². The van der Waals surface area contributed by atoms with Gasteiger partial charge in [-0.15, -0.1) is 0 Å². The van der Waals surface area contributed by atoms with Crippen molar-refractivity contribution in [1.82, 2.24) is 25.1 Å². The zero-order chi connectivity index (χ0) is 21.0. The molecule has 2 aliphatic heterocycles. The van der Waals surface area contributed by atoms with Crippen molar-refractivity contribution in [3.63, 3.8) is 0 Å². The number of H-pyrrole nitrogens is 1. The molecule has 8 heteroatoms. The highest BCUT2D eigenvalue weighted by atomic mass is 32.2. The molecule has 0 amide bonds. The van der Waals surface area contributed by atoms with E-state index < -0.39 is 0 Å². The van der Waals surface area contributed by atoms with Crippen molar-refractivity contribution < 1.29 is 4.74 Å². The van der Waals surface area contributed by atoms with E-state index in [2.05, 4.69) is 49.7 Å². The average Bonchev–Trinajstić information content (AvgIpc) is 3.11. The fraction of sp³-hybridized carbons (Fsp3) is 0.435. The number of likely N-dealkylation sites (tertiary alicyclic amines) is 1. The minimum absolute atomic E-state index is 0.0141. The number of ether oxygens (including phenoxy) is 1. The Balaban J connectivity index is 1.17. The zero-order valence-electron chi connectivity index (χ0n) is 17.8. The van der Waals surface area contributed by atoms with Crippen molar-refractivity contribution in [2.24, 2.45) is 0 Å². The smallest absolute Gasteiger partial charge is 0.127 e. The minimum Gasteiger partial charge on any atom is -0.380 e. The molecule has 3 aliphatic rings. The number of nitrogens with one attached hydrogen (secondary N) is 2. The molecule has 160 valence electrons. The number of nitrogens with zero attached hydrogens (tertiary/aromatic N) is 4. The molecule has 1 aliphatic carbocycles. The van der Waals surface area contributed by atoms with Crippen molar-refractivity contribution in [3.05, 3.63) is 53.5 Å².